The number of benzene rings is 1. The number of aryl methyl sites for hydroxylation is 1. The number of likely N-dealkylation sites (tertiary alicyclic amines) is 1. The van der Waals surface area contributed by atoms with E-state index in [9.17, 15) is 19.2 Å². The molecule has 0 spiro atoms. The van der Waals surface area contributed by atoms with Gasteiger partial charge >= 0.3 is 11.7 Å². The van der Waals surface area contributed by atoms with Gasteiger partial charge in [0.2, 0.25) is 5.91 Å². The van der Waals surface area contributed by atoms with Crippen molar-refractivity contribution in [2.75, 3.05) is 13.2 Å². The second-order valence-electron chi connectivity index (χ2n) is 5.44. The van der Waals surface area contributed by atoms with E-state index < -0.39 is 24.2 Å². The summed E-state index contributed by atoms with van der Waals surface area (Å²) in [6.45, 7) is -0.0112. The number of oxazole rings is 1. The number of hydrogen-bond donors (Lipinski definition) is 0. The highest BCUT2D eigenvalue weighted by atomic mass is 16.5. The molecule has 0 atom stereocenters. The topological polar surface area (TPSA) is 98.8 Å². The third kappa shape index (κ3) is 3.22. The van der Waals surface area contributed by atoms with Crippen molar-refractivity contribution in [1.82, 2.24) is 9.47 Å². The van der Waals surface area contributed by atoms with Crippen LogP contribution in [0.25, 0.3) is 11.1 Å². The molecular weight excluding hydrogens is 316 g/mol. The Bertz CT molecular complexity index is 850. The highest BCUT2D eigenvalue weighted by molar-refractivity contribution is 5.97. The summed E-state index contributed by atoms with van der Waals surface area (Å²) in [6, 6.07) is 6.89. The Morgan fingerprint density at radius 2 is 2.00 bits per heavy atom. The van der Waals surface area contributed by atoms with Crippen molar-refractivity contribution >= 4 is 28.9 Å². The molecule has 126 valence electrons. The fraction of sp³-hybridized carbons (Fsp3) is 0.375. The number of fused-ring (bicyclic) bond motifs is 1. The lowest BCUT2D eigenvalue weighted by Crippen LogP contribution is -2.35. The zero-order valence-corrected chi connectivity index (χ0v) is 12.9. The number of imide groups is 1. The number of esters is 1. The molecule has 0 saturated carbocycles. The van der Waals surface area contributed by atoms with Crippen molar-refractivity contribution in [3.63, 3.8) is 0 Å². The van der Waals surface area contributed by atoms with Crippen molar-refractivity contribution in [2.45, 2.75) is 25.8 Å². The second kappa shape index (κ2) is 6.69. The van der Waals surface area contributed by atoms with Gasteiger partial charge in [0, 0.05) is 19.5 Å². The molecular formula is C16H16N2O6. The normalized spacial score (nSPS) is 14.3. The number of aromatic nitrogens is 1. The Kier molecular flexibility index (Phi) is 4.45. The molecule has 0 aliphatic carbocycles. The number of nitrogens with zero attached hydrogens (tertiary/aromatic N) is 2. The zero-order chi connectivity index (χ0) is 17.1. The van der Waals surface area contributed by atoms with Crippen LogP contribution in [-0.2, 0) is 25.7 Å². The number of carbonyl (C=O) groups excluding carboxylic acids is 3. The molecule has 1 aromatic carbocycles. The van der Waals surface area contributed by atoms with Crippen molar-refractivity contribution in [3.8, 4) is 0 Å². The van der Waals surface area contributed by atoms with E-state index in [0.29, 0.717) is 30.5 Å². The average molecular weight is 332 g/mol. The highest BCUT2D eigenvalue weighted by Crippen LogP contribution is 2.12. The van der Waals surface area contributed by atoms with E-state index >= 15 is 0 Å². The van der Waals surface area contributed by atoms with E-state index in [1.807, 2.05) is 0 Å². The first kappa shape index (κ1) is 16.0. The number of hydrogen-bond acceptors (Lipinski definition) is 6. The summed E-state index contributed by atoms with van der Waals surface area (Å²) in [4.78, 5) is 47.8. The van der Waals surface area contributed by atoms with E-state index in [0.717, 1.165) is 4.90 Å². The van der Waals surface area contributed by atoms with E-state index in [4.69, 9.17) is 9.15 Å². The Morgan fingerprint density at radius 1 is 1.21 bits per heavy atom. The molecule has 2 aromatic rings. The van der Waals surface area contributed by atoms with Crippen LogP contribution in [0.4, 0.5) is 0 Å². The van der Waals surface area contributed by atoms with Crippen LogP contribution in [0, 0.1) is 0 Å². The average Bonchev–Trinajstić information content (AvgIpc) is 3.13. The zero-order valence-electron chi connectivity index (χ0n) is 12.9. The van der Waals surface area contributed by atoms with Gasteiger partial charge in [0.25, 0.3) is 5.91 Å². The first-order chi connectivity index (χ1) is 11.6. The van der Waals surface area contributed by atoms with Gasteiger partial charge in [-0.3, -0.25) is 23.9 Å². The maximum atomic E-state index is 11.8. The Morgan fingerprint density at radius 3 is 2.75 bits per heavy atom. The fourth-order valence-electron chi connectivity index (χ4n) is 2.63. The standard InChI is InChI=1S/C16H16N2O6/c19-13-6-3-8-18(13)14(20)10-23-15(21)7-9-17-11-4-1-2-5-12(11)24-16(17)22/h1-2,4-5H,3,6-10H2. The van der Waals surface area contributed by atoms with Crippen LogP contribution in [0.2, 0.25) is 0 Å². The quantitative estimate of drug-likeness (QED) is 0.747. The molecule has 8 heteroatoms. The third-order valence-corrected chi connectivity index (χ3v) is 3.84. The minimum absolute atomic E-state index is 0.0787. The van der Waals surface area contributed by atoms with Crippen LogP contribution in [-0.4, -0.2) is 40.4 Å². The molecule has 0 bridgehead atoms. The van der Waals surface area contributed by atoms with Crippen molar-refractivity contribution in [1.29, 1.82) is 0 Å². The summed E-state index contributed by atoms with van der Waals surface area (Å²) in [7, 11) is 0. The van der Waals surface area contributed by atoms with Gasteiger partial charge in [0.15, 0.2) is 12.2 Å². The van der Waals surface area contributed by atoms with Gasteiger partial charge in [-0.15, -0.1) is 0 Å². The van der Waals surface area contributed by atoms with Crippen molar-refractivity contribution < 1.29 is 23.5 Å². The number of amides is 2. The fourth-order valence-corrected chi connectivity index (χ4v) is 2.63. The SMILES string of the molecule is O=C(CCn1c(=O)oc2ccccc21)OCC(=O)N1CCCC1=O. The largest absolute Gasteiger partial charge is 0.455 e. The van der Waals surface area contributed by atoms with Crippen LogP contribution in [0.1, 0.15) is 19.3 Å². The van der Waals surface area contributed by atoms with Gasteiger partial charge < -0.3 is 9.15 Å². The van der Waals surface area contributed by atoms with Crippen LogP contribution >= 0.6 is 0 Å². The number of ether oxygens (including phenoxy) is 1. The first-order valence-electron chi connectivity index (χ1n) is 7.63. The molecule has 1 aliphatic heterocycles. The second-order valence-corrected chi connectivity index (χ2v) is 5.44. The van der Waals surface area contributed by atoms with Crippen LogP contribution in [0.3, 0.4) is 0 Å². The third-order valence-electron chi connectivity index (χ3n) is 3.84. The van der Waals surface area contributed by atoms with Gasteiger partial charge in [0.05, 0.1) is 11.9 Å². The molecule has 2 heterocycles. The van der Waals surface area contributed by atoms with Crippen LogP contribution in [0.5, 0.6) is 0 Å². The summed E-state index contributed by atoms with van der Waals surface area (Å²) in [5, 5.41) is 0. The first-order valence-corrected chi connectivity index (χ1v) is 7.63. The smallest absolute Gasteiger partial charge is 0.419 e. The van der Waals surface area contributed by atoms with Gasteiger partial charge in [-0.1, -0.05) is 12.1 Å². The highest BCUT2D eigenvalue weighted by Gasteiger charge is 2.26. The molecule has 1 aliphatic rings. The lowest BCUT2D eigenvalue weighted by molar-refractivity contribution is -0.154. The molecule has 2 amide bonds. The molecule has 3 rings (SSSR count). The lowest BCUT2D eigenvalue weighted by Gasteiger charge is -2.13. The van der Waals surface area contributed by atoms with Gasteiger partial charge in [-0.2, -0.15) is 0 Å². The number of rotatable bonds is 5. The van der Waals surface area contributed by atoms with Gasteiger partial charge in [-0.25, -0.2) is 4.79 Å². The predicted octanol–water partition coefficient (Wildman–Crippen LogP) is 0.677. The van der Waals surface area contributed by atoms with Crippen molar-refractivity contribution in [3.05, 3.63) is 34.8 Å². The number of carbonyl (C=O) groups is 3. The summed E-state index contributed by atoms with van der Waals surface area (Å²) in [6.07, 6.45) is 0.899. The predicted molar refractivity (Wildman–Crippen MR) is 82.0 cm³/mol. The maximum absolute atomic E-state index is 11.8. The van der Waals surface area contributed by atoms with Gasteiger partial charge in [-0.05, 0) is 18.6 Å². The van der Waals surface area contributed by atoms with E-state index in [2.05, 4.69) is 0 Å². The van der Waals surface area contributed by atoms with Crippen molar-refractivity contribution in [2.24, 2.45) is 0 Å². The van der Waals surface area contributed by atoms with E-state index in [-0.39, 0.29) is 18.9 Å². The molecule has 0 radical (unpaired) electrons. The molecule has 8 nitrogen and oxygen atoms in total. The number of para-hydroxylation sites is 2. The Balaban J connectivity index is 1.54. The van der Waals surface area contributed by atoms with E-state index in [1.165, 1.54) is 4.57 Å². The van der Waals surface area contributed by atoms with Crippen LogP contribution in [0.15, 0.2) is 33.5 Å². The molecule has 1 saturated heterocycles. The summed E-state index contributed by atoms with van der Waals surface area (Å²) in [5.41, 5.74) is 1.03. The monoisotopic (exact) mass is 332 g/mol. The van der Waals surface area contributed by atoms with Gasteiger partial charge in [0.1, 0.15) is 0 Å². The Labute approximate surface area is 136 Å². The maximum Gasteiger partial charge on any atom is 0.419 e. The molecule has 24 heavy (non-hydrogen) atoms. The molecule has 1 aromatic heterocycles. The summed E-state index contributed by atoms with van der Waals surface area (Å²) in [5.74, 6) is -1.93. The van der Waals surface area contributed by atoms with Crippen LogP contribution < -0.4 is 5.76 Å². The molecule has 1 fully saturated rings. The Hall–Kier alpha value is -2.90. The minimum Gasteiger partial charge on any atom is -0.455 e. The minimum atomic E-state index is -0.618. The summed E-state index contributed by atoms with van der Waals surface area (Å²) < 4.78 is 11.3. The molecule has 0 N–H and O–H groups in total. The summed E-state index contributed by atoms with van der Waals surface area (Å²) >= 11 is 0. The van der Waals surface area contributed by atoms with E-state index in [1.54, 1.807) is 24.3 Å². The lowest BCUT2D eigenvalue weighted by atomic mass is 10.3. The molecule has 0 unspecified atom stereocenters.